The molecule has 1 aromatic rings. The molecule has 6 heteroatoms. The van der Waals surface area contributed by atoms with Crippen LogP contribution >= 0.6 is 0 Å². The van der Waals surface area contributed by atoms with Crippen molar-refractivity contribution in [2.75, 3.05) is 26.3 Å². The lowest BCUT2D eigenvalue weighted by Gasteiger charge is -2.39. The Labute approximate surface area is 154 Å². The minimum Gasteiger partial charge on any atom is -0.347 e. The molecule has 0 aromatic heterocycles. The molecular weight excluding hydrogens is 332 g/mol. The van der Waals surface area contributed by atoms with Crippen LogP contribution in [0, 0.1) is 6.92 Å². The van der Waals surface area contributed by atoms with Gasteiger partial charge >= 0.3 is 0 Å². The Kier molecular flexibility index (Phi) is 4.71. The first-order valence-corrected chi connectivity index (χ1v) is 9.48. The molecule has 1 unspecified atom stereocenters. The summed E-state index contributed by atoms with van der Waals surface area (Å²) in [6, 6.07) is 7.80. The topological polar surface area (TPSA) is 59.1 Å². The van der Waals surface area contributed by atoms with Crippen molar-refractivity contribution in [2.24, 2.45) is 0 Å². The van der Waals surface area contributed by atoms with Crippen LogP contribution in [0.5, 0.6) is 0 Å². The molecule has 0 N–H and O–H groups in total. The van der Waals surface area contributed by atoms with Gasteiger partial charge in [0.1, 0.15) is 6.04 Å². The number of rotatable bonds is 3. The summed E-state index contributed by atoms with van der Waals surface area (Å²) in [7, 11) is 0. The first-order valence-electron chi connectivity index (χ1n) is 9.48. The SMILES string of the molecule is Cc1ccc(CN2C(=O)CCC2C(=O)N2CCC3(CC2)OCCO3)cc1. The molecule has 3 saturated heterocycles. The Bertz CT molecular complexity index is 672. The van der Waals surface area contributed by atoms with Gasteiger partial charge in [0.25, 0.3) is 0 Å². The van der Waals surface area contributed by atoms with Crippen molar-refractivity contribution in [3.63, 3.8) is 0 Å². The van der Waals surface area contributed by atoms with E-state index in [1.165, 1.54) is 5.56 Å². The third kappa shape index (κ3) is 3.35. The number of carbonyl (C=O) groups is 2. The summed E-state index contributed by atoms with van der Waals surface area (Å²) in [5, 5.41) is 0. The van der Waals surface area contributed by atoms with Crippen LogP contribution in [0.1, 0.15) is 36.8 Å². The molecule has 0 bridgehead atoms. The highest BCUT2D eigenvalue weighted by Crippen LogP contribution is 2.32. The molecule has 140 valence electrons. The second-order valence-corrected chi connectivity index (χ2v) is 7.49. The maximum Gasteiger partial charge on any atom is 0.245 e. The van der Waals surface area contributed by atoms with Crippen LogP contribution in [0.3, 0.4) is 0 Å². The van der Waals surface area contributed by atoms with Crippen LogP contribution in [0.25, 0.3) is 0 Å². The van der Waals surface area contributed by atoms with Gasteiger partial charge in [-0.3, -0.25) is 9.59 Å². The van der Waals surface area contributed by atoms with Gasteiger partial charge in [0.2, 0.25) is 11.8 Å². The quantitative estimate of drug-likeness (QED) is 0.827. The lowest BCUT2D eigenvalue weighted by atomic mass is 10.0. The fraction of sp³-hybridized carbons (Fsp3) is 0.600. The molecule has 0 saturated carbocycles. The summed E-state index contributed by atoms with van der Waals surface area (Å²) in [5.74, 6) is -0.347. The standard InChI is InChI=1S/C20H26N2O4/c1-15-2-4-16(5-3-15)14-22-17(6-7-18(22)23)19(24)21-10-8-20(9-11-21)25-12-13-26-20/h2-5,17H,6-14H2,1H3. The van der Waals surface area contributed by atoms with Crippen LogP contribution in [-0.4, -0.2) is 59.7 Å². The molecule has 3 fully saturated rings. The molecule has 4 rings (SSSR count). The fourth-order valence-corrected chi connectivity index (χ4v) is 4.14. The largest absolute Gasteiger partial charge is 0.347 e. The third-order valence-corrected chi connectivity index (χ3v) is 5.74. The number of likely N-dealkylation sites (tertiary alicyclic amines) is 2. The fourth-order valence-electron chi connectivity index (χ4n) is 4.14. The van der Waals surface area contributed by atoms with E-state index in [0.717, 1.165) is 5.56 Å². The number of benzene rings is 1. The number of aryl methyl sites for hydroxylation is 1. The number of piperidine rings is 1. The van der Waals surface area contributed by atoms with Gasteiger partial charge < -0.3 is 19.3 Å². The number of nitrogens with zero attached hydrogens (tertiary/aromatic N) is 2. The molecule has 6 nitrogen and oxygen atoms in total. The number of ether oxygens (including phenoxy) is 2. The molecule has 0 aliphatic carbocycles. The zero-order valence-electron chi connectivity index (χ0n) is 15.3. The highest BCUT2D eigenvalue weighted by Gasteiger charge is 2.44. The van der Waals surface area contributed by atoms with Crippen molar-refractivity contribution >= 4 is 11.8 Å². The first kappa shape index (κ1) is 17.5. The maximum atomic E-state index is 13.1. The summed E-state index contributed by atoms with van der Waals surface area (Å²) in [6.45, 7) is 5.06. The van der Waals surface area contributed by atoms with Gasteiger partial charge in [0.05, 0.1) is 13.2 Å². The minimum absolute atomic E-state index is 0.0656. The number of carbonyl (C=O) groups excluding carboxylic acids is 2. The van der Waals surface area contributed by atoms with Crippen molar-refractivity contribution in [1.82, 2.24) is 9.80 Å². The van der Waals surface area contributed by atoms with Crippen LogP contribution in [0.15, 0.2) is 24.3 Å². The second kappa shape index (κ2) is 7.00. The molecule has 3 aliphatic heterocycles. The van der Waals surface area contributed by atoms with Gasteiger partial charge in [-0.2, -0.15) is 0 Å². The Balaban J connectivity index is 1.41. The zero-order chi connectivity index (χ0) is 18.1. The van der Waals surface area contributed by atoms with E-state index < -0.39 is 5.79 Å². The molecule has 1 spiro atoms. The summed E-state index contributed by atoms with van der Waals surface area (Å²) >= 11 is 0. The number of hydrogen-bond acceptors (Lipinski definition) is 4. The van der Waals surface area contributed by atoms with E-state index in [1.807, 2.05) is 36.1 Å². The van der Waals surface area contributed by atoms with E-state index in [2.05, 4.69) is 0 Å². The van der Waals surface area contributed by atoms with E-state index in [9.17, 15) is 9.59 Å². The van der Waals surface area contributed by atoms with Gasteiger partial charge in [-0.15, -0.1) is 0 Å². The molecule has 0 radical (unpaired) electrons. The smallest absolute Gasteiger partial charge is 0.245 e. The Hall–Kier alpha value is -1.92. The molecule has 1 atom stereocenters. The second-order valence-electron chi connectivity index (χ2n) is 7.49. The molecule has 3 heterocycles. The maximum absolute atomic E-state index is 13.1. The molecule has 26 heavy (non-hydrogen) atoms. The summed E-state index contributed by atoms with van der Waals surface area (Å²) in [5.41, 5.74) is 2.25. The van der Waals surface area contributed by atoms with Crippen molar-refractivity contribution in [2.45, 2.75) is 51.0 Å². The van der Waals surface area contributed by atoms with E-state index in [4.69, 9.17) is 9.47 Å². The highest BCUT2D eigenvalue weighted by atomic mass is 16.7. The van der Waals surface area contributed by atoms with E-state index in [0.29, 0.717) is 58.5 Å². The molecule has 2 amide bonds. The van der Waals surface area contributed by atoms with Crippen molar-refractivity contribution in [1.29, 1.82) is 0 Å². The summed E-state index contributed by atoms with van der Waals surface area (Å²) < 4.78 is 11.5. The van der Waals surface area contributed by atoms with Gasteiger partial charge in [-0.05, 0) is 18.9 Å². The van der Waals surface area contributed by atoms with Crippen molar-refractivity contribution in [3.8, 4) is 0 Å². The van der Waals surface area contributed by atoms with Crippen LogP contribution in [-0.2, 0) is 25.6 Å². The lowest BCUT2D eigenvalue weighted by Crippen LogP contribution is -2.52. The van der Waals surface area contributed by atoms with E-state index >= 15 is 0 Å². The van der Waals surface area contributed by atoms with Gasteiger partial charge in [-0.1, -0.05) is 29.8 Å². The van der Waals surface area contributed by atoms with E-state index in [1.54, 1.807) is 4.90 Å². The lowest BCUT2D eigenvalue weighted by molar-refractivity contribution is -0.188. The van der Waals surface area contributed by atoms with E-state index in [-0.39, 0.29) is 17.9 Å². The van der Waals surface area contributed by atoms with Gasteiger partial charge in [-0.25, -0.2) is 0 Å². The summed E-state index contributed by atoms with van der Waals surface area (Å²) in [4.78, 5) is 29.0. The van der Waals surface area contributed by atoms with Crippen LogP contribution < -0.4 is 0 Å². The Morgan fingerprint density at radius 1 is 1.15 bits per heavy atom. The molecule has 3 aliphatic rings. The predicted molar refractivity (Wildman–Crippen MR) is 95.2 cm³/mol. The number of hydrogen-bond donors (Lipinski definition) is 0. The first-order chi connectivity index (χ1) is 12.6. The molecule has 1 aromatic carbocycles. The van der Waals surface area contributed by atoms with Gasteiger partial charge in [0, 0.05) is 38.9 Å². The summed E-state index contributed by atoms with van der Waals surface area (Å²) in [6.07, 6.45) is 2.47. The Morgan fingerprint density at radius 3 is 2.46 bits per heavy atom. The predicted octanol–water partition coefficient (Wildman–Crippen LogP) is 1.85. The van der Waals surface area contributed by atoms with Gasteiger partial charge in [0.15, 0.2) is 5.79 Å². The minimum atomic E-state index is -0.482. The zero-order valence-corrected chi connectivity index (χ0v) is 15.3. The highest BCUT2D eigenvalue weighted by molar-refractivity contribution is 5.91. The third-order valence-electron chi connectivity index (χ3n) is 5.74. The van der Waals surface area contributed by atoms with Crippen LogP contribution in [0.4, 0.5) is 0 Å². The monoisotopic (exact) mass is 358 g/mol. The average Bonchev–Trinajstić information content (AvgIpc) is 3.25. The average molecular weight is 358 g/mol. The molecular formula is C20H26N2O4. The Morgan fingerprint density at radius 2 is 1.81 bits per heavy atom. The van der Waals surface area contributed by atoms with Crippen molar-refractivity contribution < 1.29 is 19.1 Å². The number of amides is 2. The van der Waals surface area contributed by atoms with Crippen molar-refractivity contribution in [3.05, 3.63) is 35.4 Å². The normalized spacial score (nSPS) is 25.3. The van der Waals surface area contributed by atoms with Crippen LogP contribution in [0.2, 0.25) is 0 Å².